The topological polar surface area (TPSA) is 70.2 Å². The molecule has 2 N–H and O–H groups in total. The van der Waals surface area contributed by atoms with E-state index in [-0.39, 0.29) is 0 Å². The van der Waals surface area contributed by atoms with Crippen molar-refractivity contribution in [3.8, 4) is 22.6 Å². The smallest absolute Gasteiger partial charge is 0.122 e. The lowest BCUT2D eigenvalue weighted by atomic mass is 10.1. The molecule has 0 fully saturated rings. The number of hydrogen-bond donors (Lipinski definition) is 2. The summed E-state index contributed by atoms with van der Waals surface area (Å²) in [7, 11) is 0. The van der Waals surface area contributed by atoms with Crippen molar-refractivity contribution < 1.29 is 0 Å². The molecule has 0 radical (unpaired) electrons. The second-order valence-corrected chi connectivity index (χ2v) is 3.64. The minimum atomic E-state index is 0.856. The van der Waals surface area contributed by atoms with Gasteiger partial charge in [0.2, 0.25) is 0 Å². The Morgan fingerprint density at radius 1 is 1.27 bits per heavy atom. The Hall–Kier alpha value is -1.95. The van der Waals surface area contributed by atoms with Crippen molar-refractivity contribution in [2.24, 2.45) is 0 Å². The third kappa shape index (κ3) is 1.35. The number of H-pyrrole nitrogens is 2. The Morgan fingerprint density at radius 3 is 3.00 bits per heavy atom. The summed E-state index contributed by atoms with van der Waals surface area (Å²) in [6.45, 7) is 0. The molecular formula is C9H7N5S. The minimum Gasteiger partial charge on any atom is -0.359 e. The van der Waals surface area contributed by atoms with E-state index < -0.39 is 0 Å². The number of nitrogens with one attached hydrogen (secondary N) is 2. The maximum Gasteiger partial charge on any atom is 0.122 e. The highest BCUT2D eigenvalue weighted by Gasteiger charge is 2.11. The first kappa shape index (κ1) is 8.37. The molecule has 3 heterocycles. The second kappa shape index (κ2) is 3.32. The van der Waals surface area contributed by atoms with Crippen LogP contribution < -0.4 is 0 Å². The summed E-state index contributed by atoms with van der Waals surface area (Å²) in [6.07, 6.45) is 3.61. The fourth-order valence-corrected chi connectivity index (χ4v) is 1.93. The molecule has 0 aliphatic rings. The zero-order valence-electron chi connectivity index (χ0n) is 7.64. The van der Waals surface area contributed by atoms with E-state index in [1.807, 2.05) is 23.7 Å². The molecule has 0 unspecified atom stereocenters. The molecule has 0 saturated carbocycles. The van der Waals surface area contributed by atoms with Crippen molar-refractivity contribution >= 4 is 11.5 Å². The fraction of sp³-hybridized carbons (Fsp3) is 0. The van der Waals surface area contributed by atoms with Gasteiger partial charge in [-0.25, -0.2) is 0 Å². The molecule has 0 aliphatic heterocycles. The van der Waals surface area contributed by atoms with Crippen molar-refractivity contribution in [2.45, 2.75) is 0 Å². The van der Waals surface area contributed by atoms with Crippen LogP contribution in [0.2, 0.25) is 0 Å². The summed E-state index contributed by atoms with van der Waals surface area (Å²) >= 11 is 1.34. The summed E-state index contributed by atoms with van der Waals surface area (Å²) in [4.78, 5) is 3.15. The average molecular weight is 217 g/mol. The molecular weight excluding hydrogens is 210 g/mol. The molecule has 3 rings (SSSR count). The van der Waals surface area contributed by atoms with Gasteiger partial charge in [0, 0.05) is 23.3 Å². The number of aromatic amines is 2. The maximum absolute atomic E-state index is 4.03. The quantitative estimate of drug-likeness (QED) is 0.689. The highest BCUT2D eigenvalue weighted by molar-refractivity contribution is 7.03. The normalized spacial score (nSPS) is 10.7. The average Bonchev–Trinajstić information content (AvgIpc) is 3.01. The SMILES string of the molecule is c1cc(-c2cc[nH]c2-c2csnn2)[nH]n1. The predicted octanol–water partition coefficient (Wildman–Crippen LogP) is 1.92. The lowest BCUT2D eigenvalue weighted by molar-refractivity contribution is 1.09. The van der Waals surface area contributed by atoms with Gasteiger partial charge in [0.25, 0.3) is 0 Å². The van der Waals surface area contributed by atoms with Crippen LogP contribution >= 0.6 is 11.5 Å². The van der Waals surface area contributed by atoms with Crippen LogP contribution in [0.4, 0.5) is 0 Å². The van der Waals surface area contributed by atoms with E-state index >= 15 is 0 Å². The first-order valence-corrected chi connectivity index (χ1v) is 5.23. The molecule has 15 heavy (non-hydrogen) atoms. The second-order valence-electron chi connectivity index (χ2n) is 3.03. The van der Waals surface area contributed by atoms with Gasteiger partial charge in [0.05, 0.1) is 11.4 Å². The van der Waals surface area contributed by atoms with E-state index in [1.165, 1.54) is 11.5 Å². The van der Waals surface area contributed by atoms with Gasteiger partial charge in [-0.2, -0.15) is 5.10 Å². The van der Waals surface area contributed by atoms with Gasteiger partial charge in [0.1, 0.15) is 5.69 Å². The van der Waals surface area contributed by atoms with Crippen LogP contribution in [-0.2, 0) is 0 Å². The Kier molecular flexibility index (Phi) is 1.85. The molecule has 0 spiro atoms. The Bertz CT molecular complexity index is 488. The standard InChI is InChI=1S/C9H7N5S/c1-3-10-9(8-5-15-14-13-8)6(1)7-2-4-11-12-7/h1-5,10H,(H,11,12). The molecule has 3 aromatic heterocycles. The fourth-order valence-electron chi connectivity index (χ4n) is 1.49. The first-order valence-electron chi connectivity index (χ1n) is 4.40. The van der Waals surface area contributed by atoms with E-state index in [9.17, 15) is 0 Å². The molecule has 3 aromatic rings. The minimum absolute atomic E-state index is 0.856. The molecule has 0 saturated heterocycles. The first-order chi connectivity index (χ1) is 7.45. The number of rotatable bonds is 2. The lowest BCUT2D eigenvalue weighted by Gasteiger charge is -1.96. The maximum atomic E-state index is 4.03. The van der Waals surface area contributed by atoms with Crippen molar-refractivity contribution in [1.29, 1.82) is 0 Å². The van der Waals surface area contributed by atoms with Gasteiger partial charge in [-0.15, -0.1) is 5.10 Å². The van der Waals surface area contributed by atoms with Gasteiger partial charge < -0.3 is 4.98 Å². The molecule has 74 valence electrons. The van der Waals surface area contributed by atoms with E-state index in [0.29, 0.717) is 0 Å². The Morgan fingerprint density at radius 2 is 2.27 bits per heavy atom. The van der Waals surface area contributed by atoms with Crippen LogP contribution in [0, 0.1) is 0 Å². The molecule has 5 nitrogen and oxygen atoms in total. The summed E-state index contributed by atoms with van der Waals surface area (Å²) in [5, 5.41) is 12.8. The van der Waals surface area contributed by atoms with Gasteiger partial charge in [0.15, 0.2) is 0 Å². The van der Waals surface area contributed by atoms with Gasteiger partial charge in [-0.05, 0) is 23.7 Å². The van der Waals surface area contributed by atoms with Gasteiger partial charge in [-0.3, -0.25) is 5.10 Å². The van der Waals surface area contributed by atoms with Gasteiger partial charge in [-0.1, -0.05) is 4.49 Å². The third-order valence-corrected chi connectivity index (χ3v) is 2.66. The zero-order valence-corrected chi connectivity index (χ0v) is 8.45. The molecule has 0 amide bonds. The highest BCUT2D eigenvalue weighted by atomic mass is 32.1. The Balaban J connectivity index is 2.15. The van der Waals surface area contributed by atoms with Crippen molar-refractivity contribution in [3.05, 3.63) is 29.9 Å². The van der Waals surface area contributed by atoms with Crippen LogP contribution in [0.5, 0.6) is 0 Å². The highest BCUT2D eigenvalue weighted by Crippen LogP contribution is 2.28. The van der Waals surface area contributed by atoms with Crippen molar-refractivity contribution in [3.63, 3.8) is 0 Å². The number of aromatic nitrogens is 5. The summed E-state index contributed by atoms with van der Waals surface area (Å²) in [6, 6.07) is 3.91. The zero-order chi connectivity index (χ0) is 10.1. The molecule has 6 heteroatoms. The van der Waals surface area contributed by atoms with Crippen LogP contribution in [0.3, 0.4) is 0 Å². The van der Waals surface area contributed by atoms with E-state index in [0.717, 1.165) is 22.6 Å². The number of hydrogen-bond acceptors (Lipinski definition) is 4. The number of nitrogens with zero attached hydrogens (tertiary/aromatic N) is 3. The summed E-state index contributed by atoms with van der Waals surface area (Å²) < 4.78 is 3.85. The van der Waals surface area contributed by atoms with Crippen LogP contribution in [0.15, 0.2) is 29.9 Å². The molecule has 0 atom stereocenters. The largest absolute Gasteiger partial charge is 0.359 e. The van der Waals surface area contributed by atoms with Crippen LogP contribution in [-0.4, -0.2) is 24.8 Å². The molecule has 0 aliphatic carbocycles. The van der Waals surface area contributed by atoms with E-state index in [4.69, 9.17) is 0 Å². The van der Waals surface area contributed by atoms with E-state index in [1.54, 1.807) is 6.20 Å². The van der Waals surface area contributed by atoms with Crippen molar-refractivity contribution in [1.82, 2.24) is 24.8 Å². The molecule has 0 bridgehead atoms. The summed E-state index contributed by atoms with van der Waals surface area (Å²) in [5.41, 5.74) is 3.85. The molecule has 0 aromatic carbocycles. The predicted molar refractivity (Wildman–Crippen MR) is 57.3 cm³/mol. The van der Waals surface area contributed by atoms with Crippen LogP contribution in [0.1, 0.15) is 0 Å². The Labute approximate surface area is 89.3 Å². The van der Waals surface area contributed by atoms with Gasteiger partial charge >= 0.3 is 0 Å². The van der Waals surface area contributed by atoms with Crippen molar-refractivity contribution in [2.75, 3.05) is 0 Å². The monoisotopic (exact) mass is 217 g/mol. The summed E-state index contributed by atoms with van der Waals surface area (Å²) in [5.74, 6) is 0. The third-order valence-electron chi connectivity index (χ3n) is 2.15. The van der Waals surface area contributed by atoms with E-state index in [2.05, 4.69) is 24.8 Å². The van der Waals surface area contributed by atoms with Crippen LogP contribution in [0.25, 0.3) is 22.6 Å². The lowest BCUT2D eigenvalue weighted by Crippen LogP contribution is -1.83.